The summed E-state index contributed by atoms with van der Waals surface area (Å²) < 4.78 is 6.19. The molecular weight excluding hydrogens is 242 g/mol. The van der Waals surface area contributed by atoms with E-state index >= 15 is 0 Å². The molecule has 0 bridgehead atoms. The molecule has 0 atom stereocenters. The lowest BCUT2D eigenvalue weighted by atomic mass is 10.2. The fourth-order valence-electron chi connectivity index (χ4n) is 0.985. The first-order valence-corrected chi connectivity index (χ1v) is 5.01. The van der Waals surface area contributed by atoms with Gasteiger partial charge in [0.1, 0.15) is 17.4 Å². The van der Waals surface area contributed by atoms with E-state index in [2.05, 4.69) is 28.6 Å². The molecule has 3 heteroatoms. The Hall–Kier alpha value is -1.27. The third-order valence-corrected chi connectivity index (χ3v) is 2.33. The average molecular weight is 252 g/mol. The third kappa shape index (κ3) is 2.61. The lowest BCUT2D eigenvalue weighted by molar-refractivity contribution is 0.324. The normalized spacial score (nSPS) is 9.14. The Morgan fingerprint density at radius 3 is 3.00 bits per heavy atom. The largest absolute Gasteiger partial charge is 0.492 e. The molecule has 0 fully saturated rings. The highest BCUT2D eigenvalue weighted by Crippen LogP contribution is 2.25. The molecule has 0 unspecified atom stereocenters. The fraction of sp³-hybridized carbons (Fsp3) is 0.182. The first-order chi connectivity index (χ1) is 6.79. The molecule has 14 heavy (non-hydrogen) atoms. The van der Waals surface area contributed by atoms with Gasteiger partial charge in [-0.2, -0.15) is 5.26 Å². The predicted molar refractivity (Wildman–Crippen MR) is 59.2 cm³/mol. The van der Waals surface area contributed by atoms with Gasteiger partial charge in [-0.05, 0) is 34.5 Å². The predicted octanol–water partition coefficient (Wildman–Crippen LogP) is 3.28. The quantitative estimate of drug-likeness (QED) is 0.608. The molecule has 0 heterocycles. The van der Waals surface area contributed by atoms with Crippen LogP contribution in [0, 0.1) is 11.3 Å². The van der Waals surface area contributed by atoms with E-state index in [1.54, 1.807) is 12.1 Å². The monoisotopic (exact) mass is 251 g/mol. The van der Waals surface area contributed by atoms with Gasteiger partial charge in [-0.3, -0.25) is 0 Å². The number of halogens is 1. The Morgan fingerprint density at radius 1 is 1.57 bits per heavy atom. The molecule has 1 aromatic rings. The number of rotatable bonds is 4. The van der Waals surface area contributed by atoms with Gasteiger partial charge < -0.3 is 4.74 Å². The van der Waals surface area contributed by atoms with Crippen LogP contribution in [0.15, 0.2) is 35.3 Å². The number of ether oxygens (including phenoxy) is 1. The van der Waals surface area contributed by atoms with E-state index in [9.17, 15) is 0 Å². The van der Waals surface area contributed by atoms with Crippen LogP contribution in [-0.4, -0.2) is 6.61 Å². The molecule has 0 N–H and O–H groups in total. The van der Waals surface area contributed by atoms with Crippen LogP contribution in [0.3, 0.4) is 0 Å². The summed E-state index contributed by atoms with van der Waals surface area (Å²) in [6, 6.07) is 7.54. The van der Waals surface area contributed by atoms with Gasteiger partial charge in [0.15, 0.2) is 0 Å². The molecule has 72 valence electrons. The molecule has 0 amide bonds. The van der Waals surface area contributed by atoms with Crippen molar-refractivity contribution in [2.75, 3.05) is 6.61 Å². The van der Waals surface area contributed by atoms with E-state index in [4.69, 9.17) is 10.00 Å². The Morgan fingerprint density at radius 2 is 2.36 bits per heavy atom. The van der Waals surface area contributed by atoms with E-state index in [1.807, 2.05) is 12.1 Å². The zero-order valence-electron chi connectivity index (χ0n) is 7.66. The second-order valence-corrected chi connectivity index (χ2v) is 3.50. The summed E-state index contributed by atoms with van der Waals surface area (Å²) in [6.07, 6.45) is 2.56. The van der Waals surface area contributed by atoms with Crippen LogP contribution in [0.2, 0.25) is 0 Å². The van der Waals surface area contributed by atoms with E-state index in [0.717, 1.165) is 10.9 Å². The van der Waals surface area contributed by atoms with Gasteiger partial charge in [-0.1, -0.05) is 12.1 Å². The number of nitriles is 1. The Labute approximate surface area is 91.9 Å². The van der Waals surface area contributed by atoms with Crippen LogP contribution < -0.4 is 4.74 Å². The summed E-state index contributed by atoms with van der Waals surface area (Å²) in [4.78, 5) is 0. The molecular formula is C11H10BrNO. The lowest BCUT2D eigenvalue weighted by Crippen LogP contribution is -1.97. The van der Waals surface area contributed by atoms with E-state index < -0.39 is 0 Å². The SMILES string of the molecule is C=CCCOc1cccc(Br)c1C#N. The van der Waals surface area contributed by atoms with Crippen LogP contribution in [0.5, 0.6) is 5.75 Å². The Balaban J connectivity index is 2.81. The van der Waals surface area contributed by atoms with Crippen LogP contribution in [-0.2, 0) is 0 Å². The molecule has 0 spiro atoms. The summed E-state index contributed by atoms with van der Waals surface area (Å²) in [5.74, 6) is 0.615. The fourth-order valence-corrected chi connectivity index (χ4v) is 1.42. The topological polar surface area (TPSA) is 33.0 Å². The highest BCUT2D eigenvalue weighted by molar-refractivity contribution is 9.10. The molecule has 0 aliphatic carbocycles. The number of benzene rings is 1. The average Bonchev–Trinajstić information content (AvgIpc) is 2.18. The van der Waals surface area contributed by atoms with Gasteiger partial charge in [-0.15, -0.1) is 6.58 Å². The van der Waals surface area contributed by atoms with Crippen molar-refractivity contribution in [2.45, 2.75) is 6.42 Å². The highest BCUT2D eigenvalue weighted by Gasteiger charge is 2.05. The van der Waals surface area contributed by atoms with E-state index in [0.29, 0.717) is 17.9 Å². The molecule has 1 rings (SSSR count). The van der Waals surface area contributed by atoms with Crippen molar-refractivity contribution in [3.63, 3.8) is 0 Å². The van der Waals surface area contributed by atoms with E-state index in [-0.39, 0.29) is 0 Å². The molecule has 1 aromatic carbocycles. The first kappa shape index (κ1) is 10.8. The highest BCUT2D eigenvalue weighted by atomic mass is 79.9. The van der Waals surface area contributed by atoms with Crippen LogP contribution in [0.25, 0.3) is 0 Å². The second-order valence-electron chi connectivity index (χ2n) is 2.65. The molecule has 2 nitrogen and oxygen atoms in total. The van der Waals surface area contributed by atoms with Crippen LogP contribution in [0.4, 0.5) is 0 Å². The minimum Gasteiger partial charge on any atom is -0.492 e. The van der Waals surface area contributed by atoms with Crippen LogP contribution >= 0.6 is 15.9 Å². The van der Waals surface area contributed by atoms with Crippen LogP contribution in [0.1, 0.15) is 12.0 Å². The summed E-state index contributed by atoms with van der Waals surface area (Å²) >= 11 is 3.29. The van der Waals surface area contributed by atoms with Crippen molar-refractivity contribution in [3.8, 4) is 11.8 Å². The first-order valence-electron chi connectivity index (χ1n) is 4.22. The third-order valence-electron chi connectivity index (χ3n) is 1.67. The Kier molecular flexibility index (Phi) is 4.21. The minimum atomic E-state index is 0.538. The summed E-state index contributed by atoms with van der Waals surface area (Å²) in [6.45, 7) is 4.15. The Bertz CT molecular complexity index is 368. The number of nitrogens with zero attached hydrogens (tertiary/aromatic N) is 1. The summed E-state index contributed by atoms with van der Waals surface area (Å²) in [5.41, 5.74) is 0.538. The van der Waals surface area contributed by atoms with Crippen molar-refractivity contribution < 1.29 is 4.74 Å². The molecule has 0 saturated heterocycles. The molecule has 0 aromatic heterocycles. The molecule has 0 aliphatic heterocycles. The van der Waals surface area contributed by atoms with Crippen molar-refractivity contribution in [3.05, 3.63) is 40.9 Å². The standard InChI is InChI=1S/C11H10BrNO/c1-2-3-7-14-11-6-4-5-10(12)9(11)8-13/h2,4-6H,1,3,7H2. The number of hydrogen-bond acceptors (Lipinski definition) is 2. The smallest absolute Gasteiger partial charge is 0.138 e. The van der Waals surface area contributed by atoms with Crippen molar-refractivity contribution in [1.29, 1.82) is 5.26 Å². The molecule has 0 radical (unpaired) electrons. The maximum Gasteiger partial charge on any atom is 0.138 e. The maximum absolute atomic E-state index is 8.88. The zero-order chi connectivity index (χ0) is 10.4. The van der Waals surface area contributed by atoms with E-state index in [1.165, 1.54) is 0 Å². The van der Waals surface area contributed by atoms with Crippen molar-refractivity contribution in [1.82, 2.24) is 0 Å². The van der Waals surface area contributed by atoms with Gasteiger partial charge in [0.05, 0.1) is 6.61 Å². The maximum atomic E-state index is 8.88. The van der Waals surface area contributed by atoms with Gasteiger partial charge in [0.2, 0.25) is 0 Å². The van der Waals surface area contributed by atoms with Gasteiger partial charge in [-0.25, -0.2) is 0 Å². The summed E-state index contributed by atoms with van der Waals surface area (Å²) in [7, 11) is 0. The second kappa shape index (κ2) is 5.46. The van der Waals surface area contributed by atoms with Gasteiger partial charge in [0, 0.05) is 4.47 Å². The van der Waals surface area contributed by atoms with Gasteiger partial charge in [0.25, 0.3) is 0 Å². The van der Waals surface area contributed by atoms with Gasteiger partial charge >= 0.3 is 0 Å². The molecule has 0 saturated carbocycles. The summed E-state index contributed by atoms with van der Waals surface area (Å²) in [5, 5.41) is 8.88. The lowest BCUT2D eigenvalue weighted by Gasteiger charge is -2.06. The zero-order valence-corrected chi connectivity index (χ0v) is 9.25. The molecule has 0 aliphatic rings. The van der Waals surface area contributed by atoms with Crippen molar-refractivity contribution >= 4 is 15.9 Å². The minimum absolute atomic E-state index is 0.538. The van der Waals surface area contributed by atoms with Crippen molar-refractivity contribution in [2.24, 2.45) is 0 Å². The number of hydrogen-bond donors (Lipinski definition) is 0.